The molecule has 0 atom stereocenters. The van der Waals surface area contributed by atoms with Crippen LogP contribution < -0.4 is 0 Å². The van der Waals surface area contributed by atoms with Crippen LogP contribution in [0.5, 0.6) is 0 Å². The van der Waals surface area contributed by atoms with Crippen molar-refractivity contribution in [2.24, 2.45) is 0 Å². The fourth-order valence-corrected chi connectivity index (χ4v) is 18.0. The summed E-state index contributed by atoms with van der Waals surface area (Å²) in [5.41, 5.74) is 2.98. The zero-order valence-electron chi connectivity index (χ0n) is 17.4. The molecule has 1 saturated carbocycles. The smallest absolute Gasteiger partial charge is 0.0953 e. The zero-order valence-corrected chi connectivity index (χ0v) is 22.3. The van der Waals surface area contributed by atoms with E-state index in [4.69, 9.17) is 0 Å². The predicted molar refractivity (Wildman–Crippen MR) is 144 cm³/mol. The van der Waals surface area contributed by atoms with Gasteiger partial charge >= 0.3 is 0 Å². The summed E-state index contributed by atoms with van der Waals surface area (Å²) >= 11 is 12.6. The fourth-order valence-electron chi connectivity index (χ4n) is 6.50. The van der Waals surface area contributed by atoms with E-state index < -0.39 is 0 Å². The largest absolute Gasteiger partial charge is 0.148 e. The number of thioether (sulfide) groups is 4. The SMILES string of the molecule is CC12c3sccc3-c3ccsc3C(C)(C13Sc1ccccc1S3)C21Sc2ccccc2S1. The van der Waals surface area contributed by atoms with Crippen LogP contribution in [-0.2, 0) is 10.8 Å². The van der Waals surface area contributed by atoms with Crippen molar-refractivity contribution >= 4 is 69.7 Å². The van der Waals surface area contributed by atoms with Gasteiger partial charge in [0.05, 0.1) is 19.0 Å². The second-order valence-corrected chi connectivity index (χ2v) is 16.5. The fraction of sp³-hybridized carbons (Fsp3) is 0.231. The molecule has 0 radical (unpaired) electrons. The Morgan fingerprint density at radius 3 is 1.19 bits per heavy atom. The van der Waals surface area contributed by atoms with E-state index in [9.17, 15) is 0 Å². The lowest BCUT2D eigenvalue weighted by Crippen LogP contribution is -2.82. The van der Waals surface area contributed by atoms with E-state index in [-0.39, 0.29) is 19.0 Å². The first-order valence-corrected chi connectivity index (χ1v) is 15.7. The van der Waals surface area contributed by atoms with Gasteiger partial charge in [-0.15, -0.1) is 69.7 Å². The van der Waals surface area contributed by atoms with Crippen LogP contribution in [0.25, 0.3) is 11.1 Å². The Balaban J connectivity index is 1.49. The molecule has 3 aliphatic carbocycles. The molecule has 0 saturated heterocycles. The summed E-state index contributed by atoms with van der Waals surface area (Å²) in [6.07, 6.45) is 0. The number of thiophene rings is 2. The third-order valence-electron chi connectivity index (χ3n) is 7.87. The first kappa shape index (κ1) is 19.5. The van der Waals surface area contributed by atoms with Gasteiger partial charge in [0.2, 0.25) is 0 Å². The zero-order chi connectivity index (χ0) is 21.3. The normalized spacial score (nSPS) is 29.2. The highest BCUT2D eigenvalue weighted by molar-refractivity contribution is 8.24. The second-order valence-electron chi connectivity index (χ2n) is 9.11. The maximum Gasteiger partial charge on any atom is 0.0953 e. The van der Waals surface area contributed by atoms with Gasteiger partial charge in [0.1, 0.15) is 0 Å². The molecule has 0 amide bonds. The van der Waals surface area contributed by atoms with Gasteiger partial charge in [0.25, 0.3) is 0 Å². The Labute approximate surface area is 213 Å². The summed E-state index contributed by atoms with van der Waals surface area (Å²) in [4.78, 5) is 8.96. The average Bonchev–Trinajstić information content (AvgIpc) is 3.59. The van der Waals surface area contributed by atoms with Crippen molar-refractivity contribution in [2.45, 2.75) is 52.4 Å². The van der Waals surface area contributed by atoms with E-state index in [1.165, 1.54) is 30.7 Å². The van der Waals surface area contributed by atoms with Crippen LogP contribution in [0.3, 0.4) is 0 Å². The van der Waals surface area contributed by atoms with Crippen LogP contribution in [0.15, 0.2) is 91.0 Å². The van der Waals surface area contributed by atoms with Crippen LogP contribution in [0.4, 0.5) is 0 Å². The van der Waals surface area contributed by atoms with Crippen LogP contribution >= 0.6 is 69.7 Å². The lowest BCUT2D eigenvalue weighted by atomic mass is 9.51. The Morgan fingerprint density at radius 1 is 0.500 bits per heavy atom. The van der Waals surface area contributed by atoms with Gasteiger partial charge < -0.3 is 0 Å². The molecular formula is C26H18S6. The summed E-state index contributed by atoms with van der Waals surface area (Å²) in [7, 11) is 0. The van der Waals surface area contributed by atoms with Gasteiger partial charge in [0, 0.05) is 29.3 Å². The average molecular weight is 523 g/mol. The van der Waals surface area contributed by atoms with Crippen molar-refractivity contribution in [3.8, 4) is 11.1 Å². The first-order chi connectivity index (χ1) is 15.6. The predicted octanol–water partition coefficient (Wildman–Crippen LogP) is 9.21. The van der Waals surface area contributed by atoms with E-state index in [2.05, 4.69) is 132 Å². The maximum absolute atomic E-state index is 2.60. The molecule has 0 N–H and O–H groups in total. The minimum atomic E-state index is 0.0136. The van der Waals surface area contributed by atoms with Crippen LogP contribution in [-0.4, -0.2) is 8.16 Å². The van der Waals surface area contributed by atoms with Crippen LogP contribution in [0.2, 0.25) is 0 Å². The standard InChI is InChI=1S/C26H18S6/c1-23-21-15(11-13-27-21)16-12-14-28-22(16)24(2,25(23)29-17-7-3-4-8-18(17)30-25)26(23)31-19-9-5-6-10-20(19)32-26/h3-14H,1-2H3. The minimum Gasteiger partial charge on any atom is -0.148 e. The Hall–Kier alpha value is -0.760. The molecule has 4 aromatic rings. The molecule has 2 bridgehead atoms. The monoisotopic (exact) mass is 522 g/mol. The molecule has 0 unspecified atom stereocenters. The summed E-state index contributed by atoms with van der Waals surface area (Å²) in [5, 5.41) is 4.66. The highest BCUT2D eigenvalue weighted by Gasteiger charge is 2.90. The van der Waals surface area contributed by atoms with E-state index in [0.717, 1.165) is 0 Å². The van der Waals surface area contributed by atoms with Gasteiger partial charge in [-0.05, 0) is 58.3 Å². The highest BCUT2D eigenvalue weighted by Crippen LogP contribution is 2.92. The third-order valence-corrected chi connectivity index (χ3v) is 18.1. The molecule has 9 rings (SSSR count). The van der Waals surface area contributed by atoms with Gasteiger partial charge in [-0.3, -0.25) is 0 Å². The highest BCUT2D eigenvalue weighted by atomic mass is 32.2. The van der Waals surface area contributed by atoms with Crippen molar-refractivity contribution in [1.29, 1.82) is 0 Å². The van der Waals surface area contributed by atoms with Crippen molar-refractivity contribution < 1.29 is 0 Å². The second kappa shape index (κ2) is 6.07. The van der Waals surface area contributed by atoms with Gasteiger partial charge in [-0.1, -0.05) is 38.1 Å². The summed E-state index contributed by atoms with van der Waals surface area (Å²) in [5.74, 6) is 0. The molecule has 32 heavy (non-hydrogen) atoms. The Bertz CT molecular complexity index is 1270. The number of benzene rings is 2. The van der Waals surface area contributed by atoms with Gasteiger partial charge in [0.15, 0.2) is 0 Å². The van der Waals surface area contributed by atoms with E-state index in [1.54, 1.807) is 9.75 Å². The molecule has 2 aromatic heterocycles. The molecule has 158 valence electrons. The summed E-state index contributed by atoms with van der Waals surface area (Å²) < 4.78 is 0.0584. The van der Waals surface area contributed by atoms with Crippen molar-refractivity contribution in [3.05, 3.63) is 81.2 Å². The molecule has 6 heteroatoms. The quantitative estimate of drug-likeness (QED) is 0.226. The number of fused-ring (bicyclic) bond motifs is 2. The van der Waals surface area contributed by atoms with Crippen molar-refractivity contribution in [3.63, 3.8) is 0 Å². The molecule has 1 fully saturated rings. The molecule has 2 aliphatic heterocycles. The first-order valence-electron chi connectivity index (χ1n) is 10.7. The molecular weight excluding hydrogens is 505 g/mol. The number of rotatable bonds is 0. The molecule has 0 nitrogen and oxygen atoms in total. The minimum absolute atomic E-state index is 0.0136. The number of hydrogen-bond donors (Lipinski definition) is 0. The van der Waals surface area contributed by atoms with Gasteiger partial charge in [-0.25, -0.2) is 0 Å². The molecule has 4 heterocycles. The van der Waals surface area contributed by atoms with E-state index in [1.807, 2.05) is 22.7 Å². The van der Waals surface area contributed by atoms with Crippen molar-refractivity contribution in [2.75, 3.05) is 0 Å². The Morgan fingerprint density at radius 2 is 0.844 bits per heavy atom. The van der Waals surface area contributed by atoms with Crippen LogP contribution in [0.1, 0.15) is 23.6 Å². The van der Waals surface area contributed by atoms with Gasteiger partial charge in [-0.2, -0.15) is 0 Å². The van der Waals surface area contributed by atoms with Crippen LogP contribution in [0, 0.1) is 0 Å². The topological polar surface area (TPSA) is 0 Å². The Kier molecular flexibility index (Phi) is 3.71. The molecule has 2 aromatic carbocycles. The van der Waals surface area contributed by atoms with E-state index >= 15 is 0 Å². The lowest BCUT2D eigenvalue weighted by Gasteiger charge is -2.75. The summed E-state index contributed by atoms with van der Waals surface area (Å²) in [6, 6.07) is 22.9. The van der Waals surface area contributed by atoms with E-state index in [0.29, 0.717) is 0 Å². The molecule has 5 aliphatic rings. The number of hydrogen-bond acceptors (Lipinski definition) is 6. The van der Waals surface area contributed by atoms with Crippen molar-refractivity contribution in [1.82, 2.24) is 0 Å². The lowest BCUT2D eigenvalue weighted by molar-refractivity contribution is 0.123. The molecule has 2 spiro atoms. The maximum atomic E-state index is 2.60. The summed E-state index contributed by atoms with van der Waals surface area (Å²) in [6.45, 7) is 5.19. The third kappa shape index (κ3) is 1.82.